The summed E-state index contributed by atoms with van der Waals surface area (Å²) in [6.45, 7) is 0.351. The van der Waals surface area contributed by atoms with E-state index >= 15 is 0 Å². The Balaban J connectivity index is 2.31. The molecular formula is C12H17N3O4. The van der Waals surface area contributed by atoms with E-state index in [9.17, 15) is 9.59 Å². The maximum Gasteiger partial charge on any atom is 0.309 e. The Labute approximate surface area is 111 Å². The van der Waals surface area contributed by atoms with E-state index in [0.717, 1.165) is 5.56 Å². The first kappa shape index (κ1) is 15.1. The van der Waals surface area contributed by atoms with E-state index in [1.54, 1.807) is 24.5 Å². The van der Waals surface area contributed by atoms with E-state index < -0.39 is 18.1 Å². The highest BCUT2D eigenvalue weighted by Gasteiger charge is 2.14. The minimum absolute atomic E-state index is 0.103. The van der Waals surface area contributed by atoms with Gasteiger partial charge in [-0.15, -0.1) is 0 Å². The Morgan fingerprint density at radius 2 is 1.95 bits per heavy atom. The molecule has 19 heavy (non-hydrogen) atoms. The molecule has 0 aliphatic carbocycles. The fraction of sp³-hybridized carbons (Fsp3) is 0.417. The molecule has 104 valence electrons. The number of rotatable bonds is 6. The molecular weight excluding hydrogens is 250 g/mol. The number of pyridine rings is 1. The van der Waals surface area contributed by atoms with Crippen LogP contribution in [0.4, 0.5) is 0 Å². The first-order valence-corrected chi connectivity index (χ1v) is 5.68. The number of nitrogens with one attached hydrogen (secondary N) is 2. The molecule has 0 aliphatic rings. The van der Waals surface area contributed by atoms with Gasteiger partial charge in [0.15, 0.2) is 6.29 Å². The van der Waals surface area contributed by atoms with Crippen LogP contribution in [0, 0.1) is 0 Å². The monoisotopic (exact) mass is 267 g/mol. The molecule has 2 amide bonds. The van der Waals surface area contributed by atoms with E-state index in [4.69, 9.17) is 9.47 Å². The Bertz CT molecular complexity index is 407. The quantitative estimate of drug-likeness (QED) is 0.532. The van der Waals surface area contributed by atoms with Crippen LogP contribution in [-0.4, -0.2) is 43.9 Å². The molecule has 1 aromatic heterocycles. The molecule has 0 atom stereocenters. The number of methoxy groups -OCH3 is 2. The SMILES string of the molecule is COC(CNC(=O)C(=O)NCc1cccnc1)OC. The van der Waals surface area contributed by atoms with Crippen molar-refractivity contribution in [2.24, 2.45) is 0 Å². The average Bonchev–Trinajstić information content (AvgIpc) is 2.46. The molecule has 0 bridgehead atoms. The lowest BCUT2D eigenvalue weighted by molar-refractivity contribution is -0.141. The van der Waals surface area contributed by atoms with E-state index in [1.807, 2.05) is 0 Å². The number of nitrogens with zero attached hydrogens (tertiary/aromatic N) is 1. The molecule has 0 aromatic carbocycles. The number of hydrogen-bond acceptors (Lipinski definition) is 5. The highest BCUT2D eigenvalue weighted by Crippen LogP contribution is 1.94. The molecule has 0 radical (unpaired) electrons. The van der Waals surface area contributed by atoms with Crippen molar-refractivity contribution in [3.05, 3.63) is 30.1 Å². The van der Waals surface area contributed by atoms with Gasteiger partial charge in [0.25, 0.3) is 0 Å². The van der Waals surface area contributed by atoms with E-state index in [1.165, 1.54) is 14.2 Å². The van der Waals surface area contributed by atoms with Crippen molar-refractivity contribution in [3.63, 3.8) is 0 Å². The zero-order valence-electron chi connectivity index (χ0n) is 10.9. The molecule has 2 N–H and O–H groups in total. The second-order valence-corrected chi connectivity index (χ2v) is 3.65. The highest BCUT2D eigenvalue weighted by atomic mass is 16.7. The van der Waals surface area contributed by atoms with Crippen LogP contribution in [0.15, 0.2) is 24.5 Å². The molecule has 7 heteroatoms. The van der Waals surface area contributed by atoms with Crippen molar-refractivity contribution >= 4 is 11.8 Å². The summed E-state index contributed by atoms with van der Waals surface area (Å²) < 4.78 is 9.76. The van der Waals surface area contributed by atoms with Gasteiger partial charge in [-0.3, -0.25) is 14.6 Å². The third kappa shape index (κ3) is 5.45. The zero-order chi connectivity index (χ0) is 14.1. The fourth-order valence-corrected chi connectivity index (χ4v) is 1.28. The van der Waals surface area contributed by atoms with Crippen LogP contribution in [0.1, 0.15) is 5.56 Å². The maximum absolute atomic E-state index is 11.5. The van der Waals surface area contributed by atoms with Crippen molar-refractivity contribution in [1.82, 2.24) is 15.6 Å². The van der Waals surface area contributed by atoms with Crippen LogP contribution in [0.25, 0.3) is 0 Å². The topological polar surface area (TPSA) is 89.5 Å². The standard InChI is InChI=1S/C12H17N3O4/c1-18-10(19-2)8-15-12(17)11(16)14-7-9-4-3-5-13-6-9/h3-6,10H,7-8H2,1-2H3,(H,14,16)(H,15,17). The second kappa shape index (κ2) is 8.17. The van der Waals surface area contributed by atoms with Gasteiger partial charge >= 0.3 is 11.8 Å². The van der Waals surface area contributed by atoms with Gasteiger partial charge in [-0.2, -0.15) is 0 Å². The normalized spacial score (nSPS) is 10.3. The third-order valence-electron chi connectivity index (χ3n) is 2.34. The van der Waals surface area contributed by atoms with Crippen molar-refractivity contribution < 1.29 is 19.1 Å². The van der Waals surface area contributed by atoms with Crippen molar-refractivity contribution in [2.45, 2.75) is 12.8 Å². The largest absolute Gasteiger partial charge is 0.354 e. The minimum Gasteiger partial charge on any atom is -0.354 e. The minimum atomic E-state index is -0.733. The molecule has 0 saturated heterocycles. The van der Waals surface area contributed by atoms with Gasteiger partial charge in [-0.25, -0.2) is 0 Å². The van der Waals surface area contributed by atoms with E-state index in [0.29, 0.717) is 0 Å². The van der Waals surface area contributed by atoms with Gasteiger partial charge in [0.2, 0.25) is 0 Å². The smallest absolute Gasteiger partial charge is 0.309 e. The summed E-state index contributed by atoms with van der Waals surface area (Å²) in [7, 11) is 2.89. The first-order chi connectivity index (χ1) is 9.17. The van der Waals surface area contributed by atoms with Gasteiger partial charge in [-0.1, -0.05) is 6.07 Å². The number of aromatic nitrogens is 1. The lowest BCUT2D eigenvalue weighted by atomic mass is 10.3. The van der Waals surface area contributed by atoms with Crippen LogP contribution in [0.3, 0.4) is 0 Å². The molecule has 0 unspecified atom stereocenters. The third-order valence-corrected chi connectivity index (χ3v) is 2.34. The lowest BCUT2D eigenvalue weighted by Crippen LogP contribution is -2.43. The fourth-order valence-electron chi connectivity index (χ4n) is 1.28. The number of amides is 2. The van der Waals surface area contributed by atoms with Crippen molar-refractivity contribution in [1.29, 1.82) is 0 Å². The average molecular weight is 267 g/mol. The molecule has 7 nitrogen and oxygen atoms in total. The summed E-state index contributed by atoms with van der Waals surface area (Å²) in [5, 5.41) is 4.89. The summed E-state index contributed by atoms with van der Waals surface area (Å²) in [5.74, 6) is -1.45. The summed E-state index contributed by atoms with van der Waals surface area (Å²) in [4.78, 5) is 26.8. The van der Waals surface area contributed by atoms with E-state index in [-0.39, 0.29) is 13.1 Å². The van der Waals surface area contributed by atoms with Gasteiger partial charge < -0.3 is 20.1 Å². The van der Waals surface area contributed by atoms with Crippen LogP contribution >= 0.6 is 0 Å². The summed E-state index contributed by atoms with van der Waals surface area (Å²) in [5.41, 5.74) is 0.815. The Morgan fingerprint density at radius 1 is 1.26 bits per heavy atom. The number of carbonyl (C=O) groups is 2. The predicted molar refractivity (Wildman–Crippen MR) is 66.9 cm³/mol. The summed E-state index contributed by atoms with van der Waals surface area (Å²) >= 11 is 0. The first-order valence-electron chi connectivity index (χ1n) is 5.68. The number of hydrogen-bond donors (Lipinski definition) is 2. The maximum atomic E-state index is 11.5. The molecule has 0 fully saturated rings. The molecule has 0 saturated carbocycles. The van der Waals surface area contributed by atoms with Crippen LogP contribution in [0.2, 0.25) is 0 Å². The molecule has 1 heterocycles. The lowest BCUT2D eigenvalue weighted by Gasteiger charge is -2.13. The highest BCUT2D eigenvalue weighted by molar-refractivity contribution is 6.35. The number of ether oxygens (including phenoxy) is 2. The molecule has 1 rings (SSSR count). The van der Waals surface area contributed by atoms with Gasteiger partial charge in [0, 0.05) is 33.2 Å². The Kier molecular flexibility index (Phi) is 6.48. The summed E-state index contributed by atoms with van der Waals surface area (Å²) in [6.07, 6.45) is 2.67. The Morgan fingerprint density at radius 3 is 2.53 bits per heavy atom. The van der Waals surface area contributed by atoms with Crippen LogP contribution in [-0.2, 0) is 25.6 Å². The van der Waals surface area contributed by atoms with Gasteiger partial charge in [-0.05, 0) is 11.6 Å². The molecule has 1 aromatic rings. The van der Waals surface area contributed by atoms with Crippen LogP contribution in [0.5, 0.6) is 0 Å². The number of carbonyl (C=O) groups excluding carboxylic acids is 2. The van der Waals surface area contributed by atoms with Crippen LogP contribution < -0.4 is 10.6 Å². The van der Waals surface area contributed by atoms with Gasteiger partial charge in [0.05, 0.1) is 6.54 Å². The molecule has 0 spiro atoms. The van der Waals surface area contributed by atoms with Gasteiger partial charge in [0.1, 0.15) is 0 Å². The molecule has 0 aliphatic heterocycles. The summed E-state index contributed by atoms with van der Waals surface area (Å²) in [6, 6.07) is 3.56. The van der Waals surface area contributed by atoms with Crippen molar-refractivity contribution in [2.75, 3.05) is 20.8 Å². The van der Waals surface area contributed by atoms with E-state index in [2.05, 4.69) is 15.6 Å². The second-order valence-electron chi connectivity index (χ2n) is 3.65. The zero-order valence-corrected chi connectivity index (χ0v) is 10.9. The van der Waals surface area contributed by atoms with Crippen molar-refractivity contribution in [3.8, 4) is 0 Å². The predicted octanol–water partition coefficient (Wildman–Crippen LogP) is -0.567. The Hall–Kier alpha value is -1.99.